The fourth-order valence-corrected chi connectivity index (χ4v) is 2.94. The summed E-state index contributed by atoms with van der Waals surface area (Å²) in [7, 11) is 0. The van der Waals surface area contributed by atoms with Gasteiger partial charge in [0, 0.05) is 11.7 Å². The maximum Gasteiger partial charge on any atom is 0.245 e. The third kappa shape index (κ3) is 3.12. The molecule has 0 atom stereocenters. The van der Waals surface area contributed by atoms with E-state index in [4.69, 9.17) is 4.63 Å². The molecular formula is C16H17FN6O. The van der Waals surface area contributed by atoms with E-state index in [0.29, 0.717) is 34.7 Å². The second kappa shape index (κ2) is 6.38. The number of rotatable bonds is 4. The summed E-state index contributed by atoms with van der Waals surface area (Å²) in [5.74, 6) is 0.841. The van der Waals surface area contributed by atoms with Crippen LogP contribution in [0.3, 0.4) is 0 Å². The number of nitrogens with zero attached hydrogens (tertiary/aromatic N) is 4. The molecule has 8 heteroatoms. The average Bonchev–Trinajstić information content (AvgIpc) is 3.05. The molecule has 3 aromatic rings. The van der Waals surface area contributed by atoms with E-state index in [1.54, 1.807) is 12.1 Å². The van der Waals surface area contributed by atoms with Crippen molar-refractivity contribution in [3.05, 3.63) is 30.1 Å². The molecule has 1 aliphatic rings. The fourth-order valence-electron chi connectivity index (χ4n) is 2.94. The third-order valence-electron chi connectivity index (χ3n) is 4.17. The van der Waals surface area contributed by atoms with E-state index in [2.05, 4.69) is 30.9 Å². The lowest BCUT2D eigenvalue weighted by atomic mass is 9.95. The Bertz CT molecular complexity index is 828. The van der Waals surface area contributed by atoms with E-state index < -0.39 is 0 Å². The molecule has 2 aromatic heterocycles. The van der Waals surface area contributed by atoms with Gasteiger partial charge in [-0.1, -0.05) is 19.3 Å². The van der Waals surface area contributed by atoms with Crippen molar-refractivity contribution in [2.24, 2.45) is 0 Å². The fraction of sp³-hybridized carbons (Fsp3) is 0.375. The highest BCUT2D eigenvalue weighted by Crippen LogP contribution is 2.27. The van der Waals surface area contributed by atoms with Crippen molar-refractivity contribution in [2.75, 3.05) is 10.6 Å². The first-order chi connectivity index (χ1) is 11.8. The van der Waals surface area contributed by atoms with Crippen LogP contribution in [0.2, 0.25) is 0 Å². The molecule has 0 bridgehead atoms. The van der Waals surface area contributed by atoms with Crippen molar-refractivity contribution in [2.45, 2.75) is 38.1 Å². The van der Waals surface area contributed by atoms with Crippen LogP contribution >= 0.6 is 0 Å². The van der Waals surface area contributed by atoms with E-state index in [1.807, 2.05) is 0 Å². The Balaban J connectivity index is 1.65. The van der Waals surface area contributed by atoms with Gasteiger partial charge in [-0.25, -0.2) is 19.0 Å². The van der Waals surface area contributed by atoms with Gasteiger partial charge >= 0.3 is 0 Å². The molecule has 7 nitrogen and oxygen atoms in total. The van der Waals surface area contributed by atoms with Crippen LogP contribution in [0.4, 0.5) is 21.7 Å². The average molecular weight is 328 g/mol. The van der Waals surface area contributed by atoms with Crippen molar-refractivity contribution < 1.29 is 9.02 Å². The van der Waals surface area contributed by atoms with Gasteiger partial charge in [0.15, 0.2) is 11.6 Å². The van der Waals surface area contributed by atoms with Gasteiger partial charge in [0.05, 0.1) is 0 Å². The molecule has 0 saturated heterocycles. The Hall–Kier alpha value is -2.77. The molecule has 0 aliphatic heterocycles. The van der Waals surface area contributed by atoms with Gasteiger partial charge in [-0.05, 0) is 47.4 Å². The van der Waals surface area contributed by atoms with Crippen LogP contribution in [-0.4, -0.2) is 26.3 Å². The highest BCUT2D eigenvalue weighted by atomic mass is 19.1. The highest BCUT2D eigenvalue weighted by molar-refractivity contribution is 5.76. The molecule has 0 spiro atoms. The lowest BCUT2D eigenvalue weighted by molar-refractivity contribution is 0.314. The summed E-state index contributed by atoms with van der Waals surface area (Å²) in [6, 6.07) is 6.43. The molecule has 0 amide bonds. The van der Waals surface area contributed by atoms with Gasteiger partial charge in [0.1, 0.15) is 5.82 Å². The second-order valence-electron chi connectivity index (χ2n) is 5.94. The Morgan fingerprint density at radius 3 is 2.29 bits per heavy atom. The number of fused-ring (bicyclic) bond motifs is 1. The van der Waals surface area contributed by atoms with Crippen LogP contribution in [0.15, 0.2) is 28.9 Å². The predicted octanol–water partition coefficient (Wildman–Crippen LogP) is 3.64. The van der Waals surface area contributed by atoms with Crippen LogP contribution in [-0.2, 0) is 0 Å². The van der Waals surface area contributed by atoms with Gasteiger partial charge in [-0.2, -0.15) is 0 Å². The normalized spacial score (nSPS) is 15.5. The summed E-state index contributed by atoms with van der Waals surface area (Å²) < 4.78 is 17.8. The number of nitrogens with one attached hydrogen (secondary N) is 2. The number of aromatic nitrogens is 4. The maximum atomic E-state index is 13.1. The van der Waals surface area contributed by atoms with Crippen LogP contribution < -0.4 is 10.6 Å². The van der Waals surface area contributed by atoms with Crippen LogP contribution in [0.25, 0.3) is 11.3 Å². The SMILES string of the molecule is Fc1ccc(Nc2nc3nonc3nc2NC2CCCCC2)cc1. The Morgan fingerprint density at radius 1 is 0.917 bits per heavy atom. The van der Waals surface area contributed by atoms with Gasteiger partial charge < -0.3 is 10.6 Å². The van der Waals surface area contributed by atoms with Gasteiger partial charge in [0.2, 0.25) is 11.3 Å². The first-order valence-corrected chi connectivity index (χ1v) is 8.07. The molecule has 24 heavy (non-hydrogen) atoms. The number of hydrogen-bond acceptors (Lipinski definition) is 7. The van der Waals surface area contributed by atoms with E-state index in [-0.39, 0.29) is 5.82 Å². The third-order valence-corrected chi connectivity index (χ3v) is 4.17. The molecule has 0 radical (unpaired) electrons. The highest BCUT2D eigenvalue weighted by Gasteiger charge is 2.18. The molecule has 1 aromatic carbocycles. The van der Waals surface area contributed by atoms with Crippen molar-refractivity contribution in [1.29, 1.82) is 0 Å². The monoisotopic (exact) mass is 328 g/mol. The molecule has 2 heterocycles. The zero-order chi connectivity index (χ0) is 16.4. The molecule has 4 rings (SSSR count). The minimum atomic E-state index is -0.289. The number of hydrogen-bond donors (Lipinski definition) is 2. The summed E-state index contributed by atoms with van der Waals surface area (Å²) >= 11 is 0. The number of benzene rings is 1. The Morgan fingerprint density at radius 2 is 1.58 bits per heavy atom. The molecule has 1 aliphatic carbocycles. The molecular weight excluding hydrogens is 311 g/mol. The maximum absolute atomic E-state index is 13.1. The van der Waals surface area contributed by atoms with Gasteiger partial charge in [-0.3, -0.25) is 0 Å². The first-order valence-electron chi connectivity index (χ1n) is 8.07. The Kier molecular flexibility index (Phi) is 3.94. The first kappa shape index (κ1) is 14.8. The summed E-state index contributed by atoms with van der Waals surface area (Å²) in [5, 5.41) is 14.1. The zero-order valence-corrected chi connectivity index (χ0v) is 13.0. The minimum absolute atomic E-state index is 0.289. The topological polar surface area (TPSA) is 88.8 Å². The lowest BCUT2D eigenvalue weighted by Crippen LogP contribution is -2.23. The molecule has 1 fully saturated rings. The predicted molar refractivity (Wildman–Crippen MR) is 87.6 cm³/mol. The minimum Gasteiger partial charge on any atom is -0.364 e. The zero-order valence-electron chi connectivity index (χ0n) is 13.0. The van der Waals surface area contributed by atoms with E-state index in [9.17, 15) is 4.39 Å². The number of anilines is 3. The molecule has 124 valence electrons. The molecule has 0 unspecified atom stereocenters. The van der Waals surface area contributed by atoms with Crippen molar-refractivity contribution >= 4 is 28.6 Å². The van der Waals surface area contributed by atoms with E-state index in [1.165, 1.54) is 31.4 Å². The lowest BCUT2D eigenvalue weighted by Gasteiger charge is -2.24. The standard InChI is InChI=1S/C16H17FN6O/c17-10-6-8-12(9-7-10)19-14-13(18-11-4-2-1-3-5-11)20-15-16(21-14)23-24-22-15/h6-9,11H,1-5H2,(H,18,20,22)(H,19,21,23). The summed E-state index contributed by atoms with van der Waals surface area (Å²) in [6.45, 7) is 0. The van der Waals surface area contributed by atoms with Gasteiger partial charge in [0.25, 0.3) is 0 Å². The van der Waals surface area contributed by atoms with Crippen LogP contribution in [0.1, 0.15) is 32.1 Å². The smallest absolute Gasteiger partial charge is 0.245 e. The quantitative estimate of drug-likeness (QED) is 0.755. The van der Waals surface area contributed by atoms with Crippen LogP contribution in [0, 0.1) is 5.82 Å². The molecule has 1 saturated carbocycles. The number of halogens is 1. The summed E-state index contributed by atoms with van der Waals surface area (Å²) in [6.07, 6.45) is 5.90. The van der Waals surface area contributed by atoms with Crippen molar-refractivity contribution in [1.82, 2.24) is 20.3 Å². The second-order valence-corrected chi connectivity index (χ2v) is 5.94. The van der Waals surface area contributed by atoms with Crippen molar-refractivity contribution in [3.63, 3.8) is 0 Å². The van der Waals surface area contributed by atoms with Crippen molar-refractivity contribution in [3.8, 4) is 0 Å². The molecule has 2 N–H and O–H groups in total. The largest absolute Gasteiger partial charge is 0.364 e. The Labute approximate surface area is 137 Å². The van der Waals surface area contributed by atoms with E-state index >= 15 is 0 Å². The summed E-state index contributed by atoms with van der Waals surface area (Å²) in [5.41, 5.74) is 1.40. The summed E-state index contributed by atoms with van der Waals surface area (Å²) in [4.78, 5) is 8.89. The van der Waals surface area contributed by atoms with E-state index in [0.717, 1.165) is 12.8 Å². The van der Waals surface area contributed by atoms with Gasteiger partial charge in [-0.15, -0.1) is 0 Å². The van der Waals surface area contributed by atoms with Crippen LogP contribution in [0.5, 0.6) is 0 Å².